The van der Waals surface area contributed by atoms with E-state index in [1.54, 1.807) is 14.2 Å². The molecule has 3 heteroatoms. The lowest BCUT2D eigenvalue weighted by atomic mass is 9.98. The number of ether oxygens (including phenoxy) is 2. The van der Waals surface area contributed by atoms with E-state index < -0.39 is 0 Å². The number of hydrogen-bond donors (Lipinski definition) is 1. The Bertz CT molecular complexity index is 440. The van der Waals surface area contributed by atoms with Gasteiger partial charge in [-0.05, 0) is 38.2 Å². The lowest BCUT2D eigenvalue weighted by molar-refractivity contribution is 0.340. The summed E-state index contributed by atoms with van der Waals surface area (Å²) in [4.78, 5) is 0. The summed E-state index contributed by atoms with van der Waals surface area (Å²) in [5.41, 5.74) is 1.66. The largest absolute Gasteiger partial charge is 0.497 e. The number of nitrogens with one attached hydrogen (secondary N) is 1. The van der Waals surface area contributed by atoms with E-state index in [0.29, 0.717) is 11.5 Å². The Hall–Kier alpha value is -1.22. The Morgan fingerprint density at radius 2 is 1.84 bits per heavy atom. The number of methoxy groups -OCH3 is 2. The highest BCUT2D eigenvalue weighted by Crippen LogP contribution is 2.48. The molecule has 1 saturated carbocycles. The van der Waals surface area contributed by atoms with Gasteiger partial charge in [-0.15, -0.1) is 0 Å². The van der Waals surface area contributed by atoms with Crippen LogP contribution in [0, 0.1) is 5.41 Å². The van der Waals surface area contributed by atoms with Crippen molar-refractivity contribution in [2.24, 2.45) is 5.41 Å². The minimum atomic E-state index is 0.272. The van der Waals surface area contributed by atoms with Crippen molar-refractivity contribution in [3.8, 4) is 11.5 Å². The maximum atomic E-state index is 5.47. The van der Waals surface area contributed by atoms with E-state index in [0.717, 1.165) is 11.5 Å². The summed E-state index contributed by atoms with van der Waals surface area (Å²) in [5.74, 6) is 1.71. The van der Waals surface area contributed by atoms with Crippen molar-refractivity contribution in [2.75, 3.05) is 14.2 Å². The highest BCUT2D eigenvalue weighted by atomic mass is 16.5. The molecule has 0 heterocycles. The third-order valence-electron chi connectivity index (χ3n) is 4.49. The second kappa shape index (κ2) is 5.41. The van der Waals surface area contributed by atoms with Crippen molar-refractivity contribution in [2.45, 2.75) is 45.7 Å². The molecule has 0 aliphatic heterocycles. The molecule has 2 atom stereocenters. The van der Waals surface area contributed by atoms with Gasteiger partial charge in [-0.25, -0.2) is 0 Å². The zero-order valence-electron chi connectivity index (χ0n) is 12.6. The standard InChI is InChI=1S/C16H25NO2/c1-11(17-12(2)16(3)8-9-16)14-7-6-13(18-4)10-15(14)19-5/h6-7,10-12,17H,8-9H2,1-5H3. The minimum Gasteiger partial charge on any atom is -0.497 e. The second-order valence-electron chi connectivity index (χ2n) is 5.87. The molecular formula is C16H25NO2. The molecule has 1 aromatic rings. The van der Waals surface area contributed by atoms with Gasteiger partial charge in [0.1, 0.15) is 11.5 Å². The molecule has 1 aromatic carbocycles. The smallest absolute Gasteiger partial charge is 0.127 e. The molecule has 0 spiro atoms. The Morgan fingerprint density at radius 3 is 2.37 bits per heavy atom. The highest BCUT2D eigenvalue weighted by molar-refractivity contribution is 5.42. The van der Waals surface area contributed by atoms with Gasteiger partial charge in [-0.1, -0.05) is 13.0 Å². The average molecular weight is 263 g/mol. The van der Waals surface area contributed by atoms with Gasteiger partial charge in [0.25, 0.3) is 0 Å². The summed E-state index contributed by atoms with van der Waals surface area (Å²) in [6, 6.07) is 6.80. The Labute approximate surface area is 116 Å². The molecule has 1 aliphatic rings. The third kappa shape index (κ3) is 3.03. The van der Waals surface area contributed by atoms with Crippen LogP contribution in [0.4, 0.5) is 0 Å². The monoisotopic (exact) mass is 263 g/mol. The van der Waals surface area contributed by atoms with Gasteiger partial charge in [0, 0.05) is 23.7 Å². The summed E-state index contributed by atoms with van der Waals surface area (Å²) in [5, 5.41) is 3.69. The maximum absolute atomic E-state index is 5.47. The first-order valence-corrected chi connectivity index (χ1v) is 6.98. The van der Waals surface area contributed by atoms with E-state index in [4.69, 9.17) is 9.47 Å². The normalized spacial score (nSPS) is 19.6. The van der Waals surface area contributed by atoms with Crippen LogP contribution >= 0.6 is 0 Å². The first-order valence-electron chi connectivity index (χ1n) is 6.98. The van der Waals surface area contributed by atoms with Gasteiger partial charge in [-0.3, -0.25) is 0 Å². The summed E-state index contributed by atoms with van der Waals surface area (Å²) in [6.45, 7) is 6.81. The molecule has 0 saturated heterocycles. The Balaban J connectivity index is 2.11. The molecule has 19 heavy (non-hydrogen) atoms. The fraction of sp³-hybridized carbons (Fsp3) is 0.625. The SMILES string of the molecule is COc1ccc(C(C)NC(C)C2(C)CC2)c(OC)c1. The Kier molecular flexibility index (Phi) is 4.04. The summed E-state index contributed by atoms with van der Waals surface area (Å²) < 4.78 is 10.7. The van der Waals surface area contributed by atoms with Gasteiger partial charge < -0.3 is 14.8 Å². The Morgan fingerprint density at radius 1 is 1.16 bits per heavy atom. The average Bonchev–Trinajstić information content (AvgIpc) is 3.17. The maximum Gasteiger partial charge on any atom is 0.127 e. The van der Waals surface area contributed by atoms with Crippen molar-refractivity contribution in [3.63, 3.8) is 0 Å². The first-order chi connectivity index (χ1) is 9.00. The summed E-state index contributed by atoms with van der Waals surface area (Å²) in [7, 11) is 3.38. The third-order valence-corrected chi connectivity index (χ3v) is 4.49. The van der Waals surface area contributed by atoms with Crippen molar-refractivity contribution in [1.82, 2.24) is 5.32 Å². The van der Waals surface area contributed by atoms with Crippen LogP contribution in [-0.2, 0) is 0 Å². The number of rotatable bonds is 6. The van der Waals surface area contributed by atoms with Crippen LogP contribution < -0.4 is 14.8 Å². The molecule has 3 nitrogen and oxygen atoms in total. The lowest BCUT2D eigenvalue weighted by Gasteiger charge is -2.26. The topological polar surface area (TPSA) is 30.5 Å². The predicted molar refractivity (Wildman–Crippen MR) is 77.9 cm³/mol. The van der Waals surface area contributed by atoms with Gasteiger partial charge in [-0.2, -0.15) is 0 Å². The zero-order chi connectivity index (χ0) is 14.0. The number of hydrogen-bond acceptors (Lipinski definition) is 3. The van der Waals surface area contributed by atoms with E-state index in [2.05, 4.69) is 32.2 Å². The van der Waals surface area contributed by atoms with Crippen LogP contribution in [0.2, 0.25) is 0 Å². The van der Waals surface area contributed by atoms with E-state index in [9.17, 15) is 0 Å². The molecule has 1 aliphatic carbocycles. The fourth-order valence-corrected chi connectivity index (χ4v) is 2.47. The van der Waals surface area contributed by atoms with Gasteiger partial charge >= 0.3 is 0 Å². The zero-order valence-corrected chi connectivity index (χ0v) is 12.6. The van der Waals surface area contributed by atoms with Crippen LogP contribution in [0.5, 0.6) is 11.5 Å². The van der Waals surface area contributed by atoms with Crippen molar-refractivity contribution in [3.05, 3.63) is 23.8 Å². The molecule has 0 aromatic heterocycles. The van der Waals surface area contributed by atoms with Crippen LogP contribution in [0.3, 0.4) is 0 Å². The molecule has 0 bridgehead atoms. The fourth-order valence-electron chi connectivity index (χ4n) is 2.47. The number of benzene rings is 1. The second-order valence-corrected chi connectivity index (χ2v) is 5.87. The van der Waals surface area contributed by atoms with Gasteiger partial charge in [0.05, 0.1) is 14.2 Å². The molecule has 1 N–H and O–H groups in total. The summed E-state index contributed by atoms with van der Waals surface area (Å²) in [6.07, 6.45) is 2.65. The highest BCUT2D eigenvalue weighted by Gasteiger charge is 2.42. The van der Waals surface area contributed by atoms with Gasteiger partial charge in [0.2, 0.25) is 0 Å². The van der Waals surface area contributed by atoms with Crippen molar-refractivity contribution >= 4 is 0 Å². The summed E-state index contributed by atoms with van der Waals surface area (Å²) >= 11 is 0. The van der Waals surface area contributed by atoms with E-state index in [1.807, 2.05) is 12.1 Å². The molecule has 2 rings (SSSR count). The molecule has 0 radical (unpaired) electrons. The quantitative estimate of drug-likeness (QED) is 0.851. The lowest BCUT2D eigenvalue weighted by Crippen LogP contribution is -2.35. The molecule has 1 fully saturated rings. The van der Waals surface area contributed by atoms with Crippen LogP contribution in [0.15, 0.2) is 18.2 Å². The van der Waals surface area contributed by atoms with E-state index in [-0.39, 0.29) is 6.04 Å². The van der Waals surface area contributed by atoms with E-state index >= 15 is 0 Å². The minimum absolute atomic E-state index is 0.272. The first kappa shape index (κ1) is 14.2. The van der Waals surface area contributed by atoms with Crippen molar-refractivity contribution < 1.29 is 9.47 Å². The van der Waals surface area contributed by atoms with Crippen LogP contribution in [0.1, 0.15) is 45.2 Å². The molecular weight excluding hydrogens is 238 g/mol. The van der Waals surface area contributed by atoms with Crippen LogP contribution in [-0.4, -0.2) is 20.3 Å². The molecule has 106 valence electrons. The molecule has 2 unspecified atom stereocenters. The van der Waals surface area contributed by atoms with Crippen LogP contribution in [0.25, 0.3) is 0 Å². The van der Waals surface area contributed by atoms with E-state index in [1.165, 1.54) is 18.4 Å². The predicted octanol–water partition coefficient (Wildman–Crippen LogP) is 3.54. The molecule has 0 amide bonds. The van der Waals surface area contributed by atoms with Gasteiger partial charge in [0.15, 0.2) is 0 Å². The van der Waals surface area contributed by atoms with Crippen molar-refractivity contribution in [1.29, 1.82) is 0 Å².